The third kappa shape index (κ3) is 1.91. The molecule has 2 N–H and O–H groups in total. The van der Waals surface area contributed by atoms with Gasteiger partial charge in [-0.15, -0.1) is 0 Å². The van der Waals surface area contributed by atoms with Gasteiger partial charge in [-0.3, -0.25) is 9.69 Å². The molecule has 2 heterocycles. The van der Waals surface area contributed by atoms with Crippen molar-refractivity contribution < 1.29 is 9.90 Å². The average Bonchev–Trinajstić information content (AvgIpc) is 2.67. The summed E-state index contributed by atoms with van der Waals surface area (Å²) in [5.41, 5.74) is 0. The average molecular weight is 198 g/mol. The normalized spacial score (nSPS) is 34.6. The predicted molar refractivity (Wildman–Crippen MR) is 53.3 cm³/mol. The van der Waals surface area contributed by atoms with E-state index in [1.807, 2.05) is 0 Å². The van der Waals surface area contributed by atoms with Crippen LogP contribution >= 0.6 is 0 Å². The molecule has 0 saturated carbocycles. The maximum atomic E-state index is 11.0. The highest BCUT2D eigenvalue weighted by Crippen LogP contribution is 2.20. The Morgan fingerprint density at radius 1 is 1.29 bits per heavy atom. The zero-order valence-corrected chi connectivity index (χ0v) is 8.41. The lowest BCUT2D eigenvalue weighted by Gasteiger charge is -2.33. The monoisotopic (exact) mass is 198 g/mol. The number of hydrogen-bond acceptors (Lipinski definition) is 3. The molecule has 0 aromatic heterocycles. The standard InChI is InChI=1S/C10H18N2O2/c13-10(14)9-8(4-5-11-9)12-6-2-1-3-7-12/h8-9,11H,1-7H2,(H,13,14)/t8?,9-/m0/s1. The van der Waals surface area contributed by atoms with Crippen molar-refractivity contribution in [3.8, 4) is 0 Å². The van der Waals surface area contributed by atoms with Crippen LogP contribution in [-0.2, 0) is 4.79 Å². The second kappa shape index (κ2) is 4.28. The van der Waals surface area contributed by atoms with Crippen LogP contribution < -0.4 is 5.32 Å². The van der Waals surface area contributed by atoms with E-state index in [0.717, 1.165) is 26.1 Å². The van der Waals surface area contributed by atoms with Crippen LogP contribution in [0.5, 0.6) is 0 Å². The minimum absolute atomic E-state index is 0.229. The number of carboxylic acids is 1. The Labute approximate surface area is 84.3 Å². The molecule has 0 aromatic rings. The molecule has 2 aliphatic heterocycles. The predicted octanol–water partition coefficient (Wildman–Crippen LogP) is 0.287. The van der Waals surface area contributed by atoms with E-state index in [1.165, 1.54) is 19.3 Å². The van der Waals surface area contributed by atoms with Gasteiger partial charge in [0.15, 0.2) is 0 Å². The van der Waals surface area contributed by atoms with Crippen LogP contribution in [-0.4, -0.2) is 47.7 Å². The van der Waals surface area contributed by atoms with Gasteiger partial charge < -0.3 is 10.4 Å². The Hall–Kier alpha value is -0.610. The zero-order valence-electron chi connectivity index (χ0n) is 8.41. The van der Waals surface area contributed by atoms with Gasteiger partial charge in [-0.05, 0) is 38.9 Å². The van der Waals surface area contributed by atoms with Gasteiger partial charge in [-0.25, -0.2) is 0 Å². The van der Waals surface area contributed by atoms with E-state index >= 15 is 0 Å². The van der Waals surface area contributed by atoms with E-state index in [-0.39, 0.29) is 12.1 Å². The summed E-state index contributed by atoms with van der Waals surface area (Å²) in [5.74, 6) is -0.696. The maximum absolute atomic E-state index is 11.0. The van der Waals surface area contributed by atoms with Crippen LogP contribution in [0.15, 0.2) is 0 Å². The van der Waals surface area contributed by atoms with Gasteiger partial charge in [-0.2, -0.15) is 0 Å². The summed E-state index contributed by atoms with van der Waals surface area (Å²) in [5, 5.41) is 12.1. The fraction of sp³-hybridized carbons (Fsp3) is 0.900. The van der Waals surface area contributed by atoms with Gasteiger partial charge in [-0.1, -0.05) is 6.42 Å². The number of nitrogens with one attached hydrogen (secondary N) is 1. The minimum atomic E-state index is -0.696. The number of carboxylic acid groups (broad SMARTS) is 1. The number of carbonyl (C=O) groups is 1. The van der Waals surface area contributed by atoms with Crippen LogP contribution in [0.1, 0.15) is 25.7 Å². The third-order valence-electron chi connectivity index (χ3n) is 3.31. The Morgan fingerprint density at radius 2 is 2.00 bits per heavy atom. The molecule has 2 aliphatic rings. The van der Waals surface area contributed by atoms with Gasteiger partial charge in [0.25, 0.3) is 0 Å². The first kappa shape index (κ1) is 9.93. The number of piperidine rings is 1. The van der Waals surface area contributed by atoms with Crippen molar-refractivity contribution in [1.82, 2.24) is 10.2 Å². The lowest BCUT2D eigenvalue weighted by molar-refractivity contribution is -0.140. The van der Waals surface area contributed by atoms with E-state index in [0.29, 0.717) is 0 Å². The van der Waals surface area contributed by atoms with Crippen molar-refractivity contribution in [2.45, 2.75) is 37.8 Å². The van der Waals surface area contributed by atoms with Gasteiger partial charge in [0.2, 0.25) is 0 Å². The summed E-state index contributed by atoms with van der Waals surface area (Å²) in [4.78, 5) is 13.3. The van der Waals surface area contributed by atoms with Crippen molar-refractivity contribution in [2.75, 3.05) is 19.6 Å². The summed E-state index contributed by atoms with van der Waals surface area (Å²) in [6, 6.07) is -0.110. The topological polar surface area (TPSA) is 52.6 Å². The van der Waals surface area contributed by atoms with Crippen LogP contribution in [0.25, 0.3) is 0 Å². The smallest absolute Gasteiger partial charge is 0.322 e. The van der Waals surface area contributed by atoms with E-state index in [4.69, 9.17) is 5.11 Å². The number of aliphatic carboxylic acids is 1. The number of nitrogens with zero attached hydrogens (tertiary/aromatic N) is 1. The summed E-state index contributed by atoms with van der Waals surface area (Å²) < 4.78 is 0. The number of rotatable bonds is 2. The van der Waals surface area contributed by atoms with Crippen LogP contribution in [0, 0.1) is 0 Å². The first-order valence-corrected chi connectivity index (χ1v) is 5.49. The Morgan fingerprint density at radius 3 is 2.64 bits per heavy atom. The second-order valence-corrected chi connectivity index (χ2v) is 4.22. The van der Waals surface area contributed by atoms with Crippen molar-refractivity contribution in [3.63, 3.8) is 0 Å². The van der Waals surface area contributed by atoms with Gasteiger partial charge in [0.05, 0.1) is 0 Å². The van der Waals surface area contributed by atoms with E-state index in [9.17, 15) is 4.79 Å². The Bertz CT molecular complexity index is 214. The van der Waals surface area contributed by atoms with Crippen molar-refractivity contribution in [2.24, 2.45) is 0 Å². The summed E-state index contributed by atoms with van der Waals surface area (Å²) in [6.07, 6.45) is 4.73. The molecule has 0 aromatic carbocycles. The molecule has 4 heteroatoms. The molecular weight excluding hydrogens is 180 g/mol. The molecule has 0 spiro atoms. The van der Waals surface area contributed by atoms with Gasteiger partial charge in [0, 0.05) is 6.04 Å². The molecule has 4 nitrogen and oxygen atoms in total. The molecule has 1 unspecified atom stereocenters. The van der Waals surface area contributed by atoms with Crippen LogP contribution in [0.4, 0.5) is 0 Å². The molecule has 0 bridgehead atoms. The number of likely N-dealkylation sites (tertiary alicyclic amines) is 1. The van der Waals surface area contributed by atoms with Crippen molar-refractivity contribution >= 4 is 5.97 Å². The molecule has 80 valence electrons. The lowest BCUT2D eigenvalue weighted by Crippen LogP contribution is -2.49. The van der Waals surface area contributed by atoms with Crippen molar-refractivity contribution in [1.29, 1.82) is 0 Å². The fourth-order valence-corrected chi connectivity index (χ4v) is 2.58. The molecule has 2 fully saturated rings. The highest BCUT2D eigenvalue weighted by molar-refractivity contribution is 5.75. The molecule has 2 atom stereocenters. The van der Waals surface area contributed by atoms with Crippen LogP contribution in [0.3, 0.4) is 0 Å². The van der Waals surface area contributed by atoms with E-state index < -0.39 is 5.97 Å². The minimum Gasteiger partial charge on any atom is -0.480 e. The molecule has 0 amide bonds. The second-order valence-electron chi connectivity index (χ2n) is 4.22. The highest BCUT2D eigenvalue weighted by atomic mass is 16.4. The third-order valence-corrected chi connectivity index (χ3v) is 3.31. The first-order valence-electron chi connectivity index (χ1n) is 5.49. The highest BCUT2D eigenvalue weighted by Gasteiger charge is 2.36. The maximum Gasteiger partial charge on any atom is 0.322 e. The summed E-state index contributed by atoms with van der Waals surface area (Å²) in [6.45, 7) is 3.00. The molecule has 14 heavy (non-hydrogen) atoms. The molecule has 0 radical (unpaired) electrons. The van der Waals surface area contributed by atoms with Crippen LogP contribution in [0.2, 0.25) is 0 Å². The molecule has 0 aliphatic carbocycles. The summed E-state index contributed by atoms with van der Waals surface area (Å²) in [7, 11) is 0. The molecule has 2 rings (SSSR count). The van der Waals surface area contributed by atoms with E-state index in [1.54, 1.807) is 0 Å². The SMILES string of the molecule is O=C(O)[C@H]1NCCC1N1CCCCC1. The zero-order chi connectivity index (χ0) is 9.97. The fourth-order valence-electron chi connectivity index (χ4n) is 2.58. The van der Waals surface area contributed by atoms with Gasteiger partial charge >= 0.3 is 5.97 Å². The lowest BCUT2D eigenvalue weighted by atomic mass is 10.0. The molecular formula is C10H18N2O2. The Kier molecular flexibility index (Phi) is 3.03. The van der Waals surface area contributed by atoms with Gasteiger partial charge in [0.1, 0.15) is 6.04 Å². The molecule has 2 saturated heterocycles. The van der Waals surface area contributed by atoms with Crippen molar-refractivity contribution in [3.05, 3.63) is 0 Å². The quantitative estimate of drug-likeness (QED) is 0.669. The summed E-state index contributed by atoms with van der Waals surface area (Å²) >= 11 is 0. The Balaban J connectivity index is 1.97. The number of hydrogen-bond donors (Lipinski definition) is 2. The largest absolute Gasteiger partial charge is 0.480 e. The first-order chi connectivity index (χ1) is 6.79. The van der Waals surface area contributed by atoms with E-state index in [2.05, 4.69) is 10.2 Å².